The Bertz CT molecular complexity index is 787. The topological polar surface area (TPSA) is 56.1 Å². The highest BCUT2D eigenvalue weighted by atomic mass is 16.5. The molecule has 0 saturated carbocycles. The van der Waals surface area contributed by atoms with Crippen molar-refractivity contribution in [1.82, 2.24) is 25.1 Å². The summed E-state index contributed by atoms with van der Waals surface area (Å²) in [5.41, 5.74) is 2.19. The fourth-order valence-electron chi connectivity index (χ4n) is 2.84. The van der Waals surface area contributed by atoms with Gasteiger partial charge in [-0.2, -0.15) is 4.68 Å². The monoisotopic (exact) mass is 337 g/mol. The van der Waals surface area contributed by atoms with Gasteiger partial charge in [0.15, 0.2) is 5.82 Å². The van der Waals surface area contributed by atoms with E-state index in [4.69, 9.17) is 4.74 Å². The van der Waals surface area contributed by atoms with Crippen LogP contribution in [0.3, 0.4) is 0 Å². The van der Waals surface area contributed by atoms with Gasteiger partial charge < -0.3 is 9.64 Å². The van der Waals surface area contributed by atoms with Crippen molar-refractivity contribution < 1.29 is 4.74 Å². The van der Waals surface area contributed by atoms with E-state index in [9.17, 15) is 0 Å². The Morgan fingerprint density at radius 2 is 1.80 bits per heavy atom. The Morgan fingerprint density at radius 3 is 2.60 bits per heavy atom. The molecule has 3 rings (SSSR count). The molecule has 6 heteroatoms. The van der Waals surface area contributed by atoms with Crippen LogP contribution in [0.1, 0.15) is 17.8 Å². The minimum atomic E-state index is 0.832. The highest BCUT2D eigenvalue weighted by molar-refractivity contribution is 5.33. The lowest BCUT2D eigenvalue weighted by Crippen LogP contribution is -2.20. The second kappa shape index (κ2) is 8.39. The quantitative estimate of drug-likeness (QED) is 0.633. The molecule has 0 fully saturated rings. The summed E-state index contributed by atoms with van der Waals surface area (Å²) in [5, 5.41) is 12.1. The lowest BCUT2D eigenvalue weighted by Gasteiger charge is -2.18. The Hall–Kier alpha value is -2.73. The highest BCUT2D eigenvalue weighted by Crippen LogP contribution is 2.18. The molecule has 0 unspecified atom stereocenters. The Balaban J connectivity index is 1.54. The predicted molar refractivity (Wildman–Crippen MR) is 96.8 cm³/mol. The highest BCUT2D eigenvalue weighted by Gasteiger charge is 2.09. The van der Waals surface area contributed by atoms with Crippen molar-refractivity contribution in [1.29, 1.82) is 0 Å². The number of tetrazole rings is 1. The van der Waals surface area contributed by atoms with Crippen molar-refractivity contribution in [3.05, 3.63) is 66.0 Å². The van der Waals surface area contributed by atoms with Gasteiger partial charge in [-0.05, 0) is 48.6 Å². The number of hydrogen-bond donors (Lipinski definition) is 0. The van der Waals surface area contributed by atoms with Crippen LogP contribution in [0.15, 0.2) is 54.6 Å². The van der Waals surface area contributed by atoms with Crippen LogP contribution in [-0.2, 0) is 13.0 Å². The fraction of sp³-hybridized carbons (Fsp3) is 0.316. The second-order valence-corrected chi connectivity index (χ2v) is 6.00. The van der Waals surface area contributed by atoms with Gasteiger partial charge in [0.2, 0.25) is 0 Å². The third kappa shape index (κ3) is 4.42. The second-order valence-electron chi connectivity index (χ2n) is 6.00. The van der Waals surface area contributed by atoms with Crippen molar-refractivity contribution in [2.75, 3.05) is 20.7 Å². The van der Waals surface area contributed by atoms with Gasteiger partial charge >= 0.3 is 0 Å². The Morgan fingerprint density at radius 1 is 1.04 bits per heavy atom. The van der Waals surface area contributed by atoms with Crippen LogP contribution in [-0.4, -0.2) is 45.8 Å². The van der Waals surface area contributed by atoms with E-state index in [0.717, 1.165) is 43.2 Å². The molecule has 0 aliphatic carbocycles. The number of aryl methyl sites for hydroxylation is 1. The number of rotatable bonds is 8. The average Bonchev–Trinajstić information content (AvgIpc) is 3.11. The van der Waals surface area contributed by atoms with Crippen molar-refractivity contribution in [2.24, 2.45) is 0 Å². The Labute approximate surface area is 148 Å². The number of aromatic nitrogens is 4. The van der Waals surface area contributed by atoms with E-state index in [1.807, 2.05) is 48.5 Å². The number of ether oxygens (including phenoxy) is 1. The molecule has 0 amide bonds. The molecule has 130 valence electrons. The van der Waals surface area contributed by atoms with Gasteiger partial charge in [0.05, 0.1) is 12.8 Å². The smallest absolute Gasteiger partial charge is 0.156 e. The zero-order valence-corrected chi connectivity index (χ0v) is 14.7. The summed E-state index contributed by atoms with van der Waals surface area (Å²) in [6.07, 6.45) is 1.82. The molecule has 0 N–H and O–H groups in total. The molecular weight excluding hydrogens is 314 g/mol. The van der Waals surface area contributed by atoms with Gasteiger partial charge in [-0.1, -0.05) is 36.4 Å². The van der Waals surface area contributed by atoms with Crippen LogP contribution in [0.5, 0.6) is 5.75 Å². The van der Waals surface area contributed by atoms with Crippen LogP contribution < -0.4 is 4.74 Å². The summed E-state index contributed by atoms with van der Waals surface area (Å²) < 4.78 is 7.22. The maximum absolute atomic E-state index is 5.42. The SMILES string of the molecule is COc1ccccc1CN(C)CCCc1nnnn1-c1ccccc1. The molecule has 6 nitrogen and oxygen atoms in total. The van der Waals surface area contributed by atoms with E-state index in [-0.39, 0.29) is 0 Å². The average molecular weight is 337 g/mol. The van der Waals surface area contributed by atoms with E-state index in [1.165, 1.54) is 5.56 Å². The molecule has 25 heavy (non-hydrogen) atoms. The van der Waals surface area contributed by atoms with E-state index in [0.29, 0.717) is 0 Å². The molecule has 0 aliphatic heterocycles. The predicted octanol–water partition coefficient (Wildman–Crippen LogP) is 2.74. The van der Waals surface area contributed by atoms with Gasteiger partial charge in [-0.3, -0.25) is 0 Å². The van der Waals surface area contributed by atoms with Gasteiger partial charge in [-0.25, -0.2) is 0 Å². The van der Waals surface area contributed by atoms with Crippen LogP contribution in [0, 0.1) is 0 Å². The molecule has 0 radical (unpaired) electrons. The normalized spacial score (nSPS) is 11.0. The minimum Gasteiger partial charge on any atom is -0.496 e. The van der Waals surface area contributed by atoms with Gasteiger partial charge in [0, 0.05) is 18.5 Å². The molecule has 2 aromatic carbocycles. The molecule has 0 spiro atoms. The minimum absolute atomic E-state index is 0.832. The maximum Gasteiger partial charge on any atom is 0.156 e. The lowest BCUT2D eigenvalue weighted by molar-refractivity contribution is 0.312. The number of para-hydroxylation sites is 2. The third-order valence-corrected chi connectivity index (χ3v) is 4.11. The van der Waals surface area contributed by atoms with Crippen molar-refractivity contribution in [3.8, 4) is 11.4 Å². The first kappa shape index (κ1) is 17.1. The fourth-order valence-corrected chi connectivity index (χ4v) is 2.84. The van der Waals surface area contributed by atoms with E-state index in [2.05, 4.69) is 33.5 Å². The Kier molecular flexibility index (Phi) is 5.74. The standard InChI is InChI=1S/C19H23N5O/c1-23(15-16-9-6-7-12-18(16)25-2)14-8-13-19-20-21-22-24(19)17-10-4-3-5-11-17/h3-7,9-12H,8,13-15H2,1-2H3. The van der Waals surface area contributed by atoms with E-state index >= 15 is 0 Å². The van der Waals surface area contributed by atoms with Crippen LogP contribution in [0.4, 0.5) is 0 Å². The first-order chi connectivity index (χ1) is 12.3. The van der Waals surface area contributed by atoms with Crippen LogP contribution in [0.25, 0.3) is 5.69 Å². The number of hydrogen-bond acceptors (Lipinski definition) is 5. The molecule has 0 atom stereocenters. The summed E-state index contributed by atoms with van der Waals surface area (Å²) >= 11 is 0. The molecule has 1 heterocycles. The molecule has 1 aromatic heterocycles. The van der Waals surface area contributed by atoms with Gasteiger partial charge in [0.1, 0.15) is 5.75 Å². The number of nitrogens with zero attached hydrogens (tertiary/aromatic N) is 5. The van der Waals surface area contributed by atoms with Crippen molar-refractivity contribution >= 4 is 0 Å². The summed E-state index contributed by atoms with van der Waals surface area (Å²) in [5.74, 6) is 1.82. The van der Waals surface area contributed by atoms with Gasteiger partial charge in [0.25, 0.3) is 0 Å². The van der Waals surface area contributed by atoms with Crippen molar-refractivity contribution in [3.63, 3.8) is 0 Å². The number of benzene rings is 2. The van der Waals surface area contributed by atoms with E-state index in [1.54, 1.807) is 11.8 Å². The van der Waals surface area contributed by atoms with E-state index < -0.39 is 0 Å². The zero-order valence-electron chi connectivity index (χ0n) is 14.7. The summed E-state index contributed by atoms with van der Waals surface area (Å²) in [6.45, 7) is 1.81. The molecule has 3 aromatic rings. The van der Waals surface area contributed by atoms with Crippen molar-refractivity contribution in [2.45, 2.75) is 19.4 Å². The van der Waals surface area contributed by atoms with Gasteiger partial charge in [-0.15, -0.1) is 5.10 Å². The third-order valence-electron chi connectivity index (χ3n) is 4.11. The summed E-state index contributed by atoms with van der Waals surface area (Å²) in [6, 6.07) is 18.1. The summed E-state index contributed by atoms with van der Waals surface area (Å²) in [7, 11) is 3.83. The molecule has 0 aliphatic rings. The first-order valence-electron chi connectivity index (χ1n) is 8.41. The molecule has 0 saturated heterocycles. The first-order valence-corrected chi connectivity index (χ1v) is 8.41. The van der Waals surface area contributed by atoms with Crippen LogP contribution in [0.2, 0.25) is 0 Å². The summed E-state index contributed by atoms with van der Waals surface area (Å²) in [4.78, 5) is 2.29. The zero-order chi connectivity index (χ0) is 17.5. The largest absolute Gasteiger partial charge is 0.496 e. The number of methoxy groups -OCH3 is 1. The molecular formula is C19H23N5O. The van der Waals surface area contributed by atoms with Crippen LogP contribution >= 0.6 is 0 Å². The lowest BCUT2D eigenvalue weighted by atomic mass is 10.2. The molecule has 0 bridgehead atoms. The maximum atomic E-state index is 5.42.